The lowest BCUT2D eigenvalue weighted by Crippen LogP contribution is -2.14. The number of aromatic nitrogens is 4. The first kappa shape index (κ1) is 22.7. The van der Waals surface area contributed by atoms with Gasteiger partial charge in [-0.3, -0.25) is 14.4 Å². The lowest BCUT2D eigenvalue weighted by molar-refractivity contribution is 0.0600. The third-order valence-corrected chi connectivity index (χ3v) is 5.98. The smallest absolute Gasteiger partial charge is 0.338 e. The molecular weight excluding hydrogens is 454 g/mol. The Balaban J connectivity index is 1.66. The Hall–Kier alpha value is -4.49. The molecule has 0 aliphatic rings. The van der Waals surface area contributed by atoms with Gasteiger partial charge in [-0.15, -0.1) is 0 Å². The molecule has 0 aliphatic heterocycles. The van der Waals surface area contributed by atoms with Crippen LogP contribution in [0.1, 0.15) is 21.5 Å². The number of ether oxygens (including phenoxy) is 1. The van der Waals surface area contributed by atoms with Gasteiger partial charge in [-0.05, 0) is 36.4 Å². The molecule has 34 heavy (non-hydrogen) atoms. The molecule has 9 nitrogen and oxygen atoms in total. The van der Waals surface area contributed by atoms with Crippen LogP contribution in [0.2, 0.25) is 0 Å². The number of benzene rings is 1. The summed E-state index contributed by atoms with van der Waals surface area (Å²) in [7, 11) is -1.10. The van der Waals surface area contributed by atoms with E-state index in [0.717, 1.165) is 11.1 Å². The highest BCUT2D eigenvalue weighted by atomic mass is 32.2. The molecule has 0 atom stereocenters. The van der Waals surface area contributed by atoms with E-state index < -0.39 is 16.0 Å². The van der Waals surface area contributed by atoms with E-state index >= 15 is 0 Å². The van der Waals surface area contributed by atoms with Crippen molar-refractivity contribution < 1.29 is 17.9 Å². The number of nitrogens with one attached hydrogen (secondary N) is 1. The topological polar surface area (TPSA) is 116 Å². The summed E-state index contributed by atoms with van der Waals surface area (Å²) in [5.74, 6) is 5.44. The van der Waals surface area contributed by atoms with Crippen LogP contribution in [0.3, 0.4) is 0 Å². The summed E-state index contributed by atoms with van der Waals surface area (Å²) >= 11 is 0. The first-order valence-electron chi connectivity index (χ1n) is 9.98. The summed E-state index contributed by atoms with van der Waals surface area (Å²) in [5.41, 5.74) is 2.77. The van der Waals surface area contributed by atoms with Crippen LogP contribution in [0.15, 0.2) is 78.2 Å². The zero-order valence-electron chi connectivity index (χ0n) is 18.3. The second-order valence-electron chi connectivity index (χ2n) is 7.14. The Bertz CT molecular complexity index is 1500. The SMILES string of the molecule is COC(=O)c1cc(NS(=O)(=O)c2cnn(C)c2)nc(-c2ccc(C#Cc3cccnc3)cc2)c1. The van der Waals surface area contributed by atoms with Gasteiger partial charge in [-0.25, -0.2) is 18.2 Å². The van der Waals surface area contributed by atoms with E-state index in [4.69, 9.17) is 4.74 Å². The van der Waals surface area contributed by atoms with E-state index in [1.54, 1.807) is 31.6 Å². The van der Waals surface area contributed by atoms with Crippen LogP contribution in [0.4, 0.5) is 5.82 Å². The van der Waals surface area contributed by atoms with E-state index in [0.29, 0.717) is 11.3 Å². The van der Waals surface area contributed by atoms with Gasteiger partial charge in [0.2, 0.25) is 0 Å². The lowest BCUT2D eigenvalue weighted by Gasteiger charge is -2.10. The van der Waals surface area contributed by atoms with Gasteiger partial charge < -0.3 is 4.74 Å². The highest BCUT2D eigenvalue weighted by molar-refractivity contribution is 7.92. The Morgan fingerprint density at radius 2 is 1.82 bits per heavy atom. The van der Waals surface area contributed by atoms with Gasteiger partial charge in [-0.1, -0.05) is 24.0 Å². The molecule has 4 aromatic rings. The van der Waals surface area contributed by atoms with Crippen molar-refractivity contribution in [1.29, 1.82) is 0 Å². The van der Waals surface area contributed by atoms with Crippen molar-refractivity contribution in [1.82, 2.24) is 19.7 Å². The second kappa shape index (κ2) is 9.56. The van der Waals surface area contributed by atoms with Gasteiger partial charge in [0, 0.05) is 42.3 Å². The number of hydrogen-bond acceptors (Lipinski definition) is 7. The van der Waals surface area contributed by atoms with Crippen LogP contribution < -0.4 is 4.72 Å². The molecule has 0 aliphatic carbocycles. The lowest BCUT2D eigenvalue weighted by atomic mass is 10.1. The number of aryl methyl sites for hydroxylation is 1. The number of anilines is 1. The molecule has 170 valence electrons. The van der Waals surface area contributed by atoms with Crippen LogP contribution in [0.5, 0.6) is 0 Å². The molecule has 3 heterocycles. The Labute approximate surface area is 196 Å². The number of rotatable bonds is 5. The number of nitrogens with zero attached hydrogens (tertiary/aromatic N) is 4. The summed E-state index contributed by atoms with van der Waals surface area (Å²) in [5, 5.41) is 3.88. The maximum absolute atomic E-state index is 12.7. The Kier molecular flexibility index (Phi) is 6.38. The summed E-state index contributed by atoms with van der Waals surface area (Å²) in [6.45, 7) is 0. The van der Waals surface area contributed by atoms with Gasteiger partial charge >= 0.3 is 5.97 Å². The van der Waals surface area contributed by atoms with Crippen molar-refractivity contribution in [2.75, 3.05) is 11.8 Å². The molecule has 0 radical (unpaired) electrons. The zero-order chi connectivity index (χ0) is 24.1. The highest BCUT2D eigenvalue weighted by Gasteiger charge is 2.19. The van der Waals surface area contributed by atoms with E-state index in [9.17, 15) is 13.2 Å². The monoisotopic (exact) mass is 473 g/mol. The number of carbonyl (C=O) groups is 1. The molecule has 0 amide bonds. The average molecular weight is 474 g/mol. The normalized spacial score (nSPS) is 10.8. The Morgan fingerprint density at radius 3 is 2.47 bits per heavy atom. The third-order valence-electron chi connectivity index (χ3n) is 4.67. The number of carbonyl (C=O) groups excluding carboxylic acids is 1. The number of hydrogen-bond donors (Lipinski definition) is 1. The van der Waals surface area contributed by atoms with Crippen molar-refractivity contribution in [3.8, 4) is 23.1 Å². The summed E-state index contributed by atoms with van der Waals surface area (Å²) in [6.07, 6.45) is 5.94. The average Bonchev–Trinajstić information content (AvgIpc) is 3.30. The number of methoxy groups -OCH3 is 1. The van der Waals surface area contributed by atoms with Gasteiger partial charge in [-0.2, -0.15) is 5.10 Å². The van der Waals surface area contributed by atoms with Gasteiger partial charge in [0.15, 0.2) is 0 Å². The summed E-state index contributed by atoms with van der Waals surface area (Å²) < 4.78 is 34.0. The second-order valence-corrected chi connectivity index (χ2v) is 8.82. The molecule has 0 saturated carbocycles. The molecule has 3 aromatic heterocycles. The molecule has 0 spiro atoms. The van der Waals surface area contributed by atoms with Crippen LogP contribution in [-0.4, -0.2) is 41.2 Å². The van der Waals surface area contributed by atoms with Crippen LogP contribution in [0, 0.1) is 11.8 Å². The van der Waals surface area contributed by atoms with Crippen LogP contribution in [-0.2, 0) is 21.8 Å². The van der Waals surface area contributed by atoms with Crippen LogP contribution >= 0.6 is 0 Å². The minimum Gasteiger partial charge on any atom is -0.465 e. The molecule has 4 rings (SSSR count). The van der Waals surface area contributed by atoms with E-state index in [1.165, 1.54) is 36.3 Å². The first-order valence-corrected chi connectivity index (χ1v) is 11.5. The van der Waals surface area contributed by atoms with Gasteiger partial charge in [0.05, 0.1) is 24.6 Å². The minimum absolute atomic E-state index is 0.0257. The molecule has 0 bridgehead atoms. The molecular formula is C24H19N5O4S. The quantitative estimate of drug-likeness (QED) is 0.350. The highest BCUT2D eigenvalue weighted by Crippen LogP contribution is 2.24. The van der Waals surface area contributed by atoms with Crippen molar-refractivity contribution in [3.63, 3.8) is 0 Å². The van der Waals surface area contributed by atoms with Crippen molar-refractivity contribution in [2.45, 2.75) is 4.90 Å². The fourth-order valence-corrected chi connectivity index (χ4v) is 3.98. The van der Waals surface area contributed by atoms with Gasteiger partial charge in [0.25, 0.3) is 10.0 Å². The summed E-state index contributed by atoms with van der Waals surface area (Å²) in [4.78, 5) is 20.6. The van der Waals surface area contributed by atoms with E-state index in [1.807, 2.05) is 24.3 Å². The fourth-order valence-electron chi connectivity index (χ4n) is 3.01. The maximum Gasteiger partial charge on any atom is 0.338 e. The standard InChI is InChI=1S/C24H19N5O4S/c1-29-16-21(15-26-29)34(31,32)28-23-13-20(24(30)33-2)12-22(27-23)19-9-7-17(8-10-19)5-6-18-4-3-11-25-14-18/h3-4,7-16H,1-2H3,(H,27,28). The predicted molar refractivity (Wildman–Crippen MR) is 125 cm³/mol. The molecule has 0 unspecified atom stereocenters. The zero-order valence-corrected chi connectivity index (χ0v) is 19.1. The van der Waals surface area contributed by atoms with Crippen molar-refractivity contribution in [3.05, 3.63) is 90.0 Å². The number of sulfonamides is 1. The molecule has 1 aromatic carbocycles. The first-order chi connectivity index (χ1) is 16.3. The molecule has 1 N–H and O–H groups in total. The Morgan fingerprint density at radius 1 is 1.06 bits per heavy atom. The molecule has 10 heteroatoms. The van der Waals surface area contributed by atoms with Gasteiger partial charge in [0.1, 0.15) is 10.7 Å². The fraction of sp³-hybridized carbons (Fsp3) is 0.0833. The summed E-state index contributed by atoms with van der Waals surface area (Å²) in [6, 6.07) is 13.7. The molecule has 0 saturated heterocycles. The van der Waals surface area contributed by atoms with E-state index in [2.05, 4.69) is 31.6 Å². The minimum atomic E-state index is -3.95. The maximum atomic E-state index is 12.7. The third kappa shape index (κ3) is 5.28. The largest absolute Gasteiger partial charge is 0.465 e. The van der Waals surface area contributed by atoms with Crippen molar-refractivity contribution in [2.24, 2.45) is 7.05 Å². The van der Waals surface area contributed by atoms with E-state index in [-0.39, 0.29) is 16.3 Å². The van der Waals surface area contributed by atoms with Crippen LogP contribution in [0.25, 0.3) is 11.3 Å². The molecule has 0 fully saturated rings. The number of pyridine rings is 2. The van der Waals surface area contributed by atoms with Crippen molar-refractivity contribution >= 4 is 21.8 Å². The predicted octanol–water partition coefficient (Wildman–Crippen LogP) is 2.86. The number of esters is 1.